The van der Waals surface area contributed by atoms with Gasteiger partial charge in [0, 0.05) is 5.41 Å². The van der Waals surface area contributed by atoms with E-state index < -0.39 is 53.5 Å². The van der Waals surface area contributed by atoms with E-state index in [0.29, 0.717) is 6.42 Å². The molecule has 0 aromatic rings. The van der Waals surface area contributed by atoms with E-state index in [1.165, 1.54) is 0 Å². The van der Waals surface area contributed by atoms with Crippen molar-refractivity contribution in [2.45, 2.75) is 114 Å². The number of alkyl halides is 3. The highest BCUT2D eigenvalue weighted by atomic mass is 32.2. The molecule has 1 aliphatic heterocycles. The van der Waals surface area contributed by atoms with Gasteiger partial charge in [0.2, 0.25) is 0 Å². The van der Waals surface area contributed by atoms with E-state index in [-0.39, 0.29) is 17.6 Å². The summed E-state index contributed by atoms with van der Waals surface area (Å²) in [4.78, 5) is 0. The summed E-state index contributed by atoms with van der Waals surface area (Å²) in [5.74, 6) is -1.05. The standard InChI is InChI=1S/C19H33F3O6SSi/c1-16(2,3)30(6,7)28-13-9-8-10-18(13)11-12(27-29(23,24)19(20,21)22)14-15(18)26-17(4,5)25-14/h12-15H,8-11H2,1-7H3/t12-,13+,14?,15?,18+/m0/s1. The van der Waals surface area contributed by atoms with Gasteiger partial charge in [0.1, 0.15) is 12.2 Å². The maximum absolute atomic E-state index is 13.0. The zero-order valence-corrected chi connectivity index (χ0v) is 20.4. The summed E-state index contributed by atoms with van der Waals surface area (Å²) < 4.78 is 85.8. The molecule has 3 rings (SSSR count). The van der Waals surface area contributed by atoms with Crippen LogP contribution in [0.3, 0.4) is 0 Å². The lowest BCUT2D eigenvalue weighted by atomic mass is 9.80. The second kappa shape index (κ2) is 7.15. The quantitative estimate of drug-likeness (QED) is 0.334. The maximum atomic E-state index is 13.0. The Morgan fingerprint density at radius 3 is 2.23 bits per heavy atom. The van der Waals surface area contributed by atoms with Crippen LogP contribution in [-0.4, -0.2) is 52.4 Å². The Hall–Kier alpha value is -0.203. The molecule has 2 aliphatic carbocycles. The van der Waals surface area contributed by atoms with Crippen molar-refractivity contribution < 1.29 is 39.7 Å². The van der Waals surface area contributed by atoms with Gasteiger partial charge in [-0.2, -0.15) is 21.6 Å². The fourth-order valence-corrected chi connectivity index (χ4v) is 6.78. The Balaban J connectivity index is 1.94. The molecule has 3 fully saturated rings. The molecular formula is C19H33F3O6SSi. The Morgan fingerprint density at radius 1 is 1.10 bits per heavy atom. The first kappa shape index (κ1) is 24.4. The first-order chi connectivity index (χ1) is 13.3. The molecule has 1 saturated heterocycles. The van der Waals surface area contributed by atoms with Crippen LogP contribution >= 0.6 is 0 Å². The molecule has 0 aromatic heterocycles. The summed E-state index contributed by atoms with van der Waals surface area (Å²) in [6.07, 6.45) is -0.675. The number of fused-ring (bicyclic) bond motifs is 2. The van der Waals surface area contributed by atoms with Crippen LogP contribution in [0.25, 0.3) is 0 Å². The Morgan fingerprint density at radius 2 is 1.70 bits per heavy atom. The molecule has 176 valence electrons. The number of hydrogen-bond donors (Lipinski definition) is 0. The van der Waals surface area contributed by atoms with Crippen LogP contribution in [-0.2, 0) is 28.2 Å². The fourth-order valence-electron chi connectivity index (χ4n) is 4.75. The number of hydrogen-bond acceptors (Lipinski definition) is 6. The summed E-state index contributed by atoms with van der Waals surface area (Å²) in [5, 5.41) is -0.0450. The lowest BCUT2D eigenvalue weighted by Crippen LogP contribution is -2.50. The van der Waals surface area contributed by atoms with E-state index in [2.05, 4.69) is 33.9 Å². The van der Waals surface area contributed by atoms with Crippen molar-refractivity contribution in [2.24, 2.45) is 5.41 Å². The predicted octanol–water partition coefficient (Wildman–Crippen LogP) is 4.71. The molecule has 11 heteroatoms. The third kappa shape index (κ3) is 4.10. The Bertz CT molecular complexity index is 776. The van der Waals surface area contributed by atoms with Gasteiger partial charge in [0.05, 0.1) is 12.2 Å². The number of rotatable bonds is 4. The molecule has 5 atom stereocenters. The van der Waals surface area contributed by atoms with Gasteiger partial charge >= 0.3 is 15.6 Å². The Labute approximate surface area is 178 Å². The molecule has 1 spiro atoms. The van der Waals surface area contributed by atoms with Crippen LogP contribution in [0.2, 0.25) is 18.1 Å². The third-order valence-corrected chi connectivity index (χ3v) is 12.7. The fraction of sp³-hybridized carbons (Fsp3) is 1.00. The molecule has 30 heavy (non-hydrogen) atoms. The first-order valence-electron chi connectivity index (χ1n) is 10.3. The van der Waals surface area contributed by atoms with Gasteiger partial charge in [-0.25, -0.2) is 0 Å². The van der Waals surface area contributed by atoms with E-state index in [4.69, 9.17) is 18.1 Å². The van der Waals surface area contributed by atoms with Crippen LogP contribution in [0.15, 0.2) is 0 Å². The first-order valence-corrected chi connectivity index (χ1v) is 14.7. The van der Waals surface area contributed by atoms with Gasteiger partial charge in [-0.3, -0.25) is 4.18 Å². The maximum Gasteiger partial charge on any atom is 0.523 e. The minimum absolute atomic E-state index is 0.0450. The smallest absolute Gasteiger partial charge is 0.413 e. The van der Waals surface area contributed by atoms with Crippen molar-refractivity contribution in [1.29, 1.82) is 0 Å². The van der Waals surface area contributed by atoms with Crippen LogP contribution in [0.1, 0.15) is 60.3 Å². The summed E-state index contributed by atoms with van der Waals surface area (Å²) in [5.41, 5.74) is -6.13. The largest absolute Gasteiger partial charge is 0.523 e. The van der Waals surface area contributed by atoms with Gasteiger partial charge in [-0.1, -0.05) is 27.2 Å². The molecule has 0 amide bonds. The molecule has 0 aromatic carbocycles. The van der Waals surface area contributed by atoms with Crippen molar-refractivity contribution in [1.82, 2.24) is 0 Å². The SMILES string of the molecule is CC1(C)OC2C(O1)[C@]1(CCC[C@H]1O[Si](C)(C)C(C)(C)C)C[C@@H]2OS(=O)(=O)C(F)(F)F. The van der Waals surface area contributed by atoms with E-state index in [9.17, 15) is 21.6 Å². The topological polar surface area (TPSA) is 71.1 Å². The molecular weight excluding hydrogens is 441 g/mol. The zero-order valence-electron chi connectivity index (χ0n) is 18.6. The molecule has 2 saturated carbocycles. The minimum Gasteiger partial charge on any atom is -0.413 e. The molecule has 3 aliphatic rings. The van der Waals surface area contributed by atoms with E-state index >= 15 is 0 Å². The minimum atomic E-state index is -5.75. The number of ether oxygens (including phenoxy) is 2. The lowest BCUT2D eigenvalue weighted by Gasteiger charge is -2.44. The molecule has 1 heterocycles. The molecule has 6 nitrogen and oxygen atoms in total. The van der Waals surface area contributed by atoms with Gasteiger partial charge in [-0.15, -0.1) is 0 Å². The zero-order chi connectivity index (χ0) is 23.0. The lowest BCUT2D eigenvalue weighted by molar-refractivity contribution is -0.180. The third-order valence-electron chi connectivity index (χ3n) is 7.17. The van der Waals surface area contributed by atoms with E-state index in [1.54, 1.807) is 13.8 Å². The average Bonchev–Trinajstić information content (AvgIpc) is 3.12. The molecule has 0 radical (unpaired) electrons. The van der Waals surface area contributed by atoms with Crippen LogP contribution in [0.4, 0.5) is 13.2 Å². The predicted molar refractivity (Wildman–Crippen MR) is 107 cm³/mol. The van der Waals surface area contributed by atoms with Crippen LogP contribution in [0.5, 0.6) is 0 Å². The van der Waals surface area contributed by atoms with E-state index in [1.807, 2.05) is 0 Å². The number of halogens is 3. The van der Waals surface area contributed by atoms with Gasteiger partial charge in [-0.05, 0) is 51.2 Å². The van der Waals surface area contributed by atoms with Crippen molar-refractivity contribution in [3.05, 3.63) is 0 Å². The van der Waals surface area contributed by atoms with Crippen molar-refractivity contribution in [3.63, 3.8) is 0 Å². The van der Waals surface area contributed by atoms with Gasteiger partial charge < -0.3 is 13.9 Å². The molecule has 2 unspecified atom stereocenters. The highest BCUT2D eigenvalue weighted by Crippen LogP contribution is 2.59. The van der Waals surface area contributed by atoms with Gasteiger partial charge in [0.15, 0.2) is 14.1 Å². The second-order valence-corrected chi connectivity index (χ2v) is 17.1. The van der Waals surface area contributed by atoms with Crippen molar-refractivity contribution in [3.8, 4) is 0 Å². The van der Waals surface area contributed by atoms with E-state index in [0.717, 1.165) is 12.8 Å². The normalized spacial score (nSPS) is 37.1. The molecule has 0 bridgehead atoms. The van der Waals surface area contributed by atoms with Crippen LogP contribution in [0, 0.1) is 5.41 Å². The molecule has 0 N–H and O–H groups in total. The highest BCUT2D eigenvalue weighted by molar-refractivity contribution is 7.87. The average molecular weight is 475 g/mol. The second-order valence-electron chi connectivity index (χ2n) is 10.8. The summed E-state index contributed by atoms with van der Waals surface area (Å²) in [6.45, 7) is 14.0. The Kier molecular flexibility index (Phi) is 5.82. The summed E-state index contributed by atoms with van der Waals surface area (Å²) in [7, 11) is -7.92. The van der Waals surface area contributed by atoms with Crippen LogP contribution < -0.4 is 0 Å². The van der Waals surface area contributed by atoms with Gasteiger partial charge in [0.25, 0.3) is 0 Å². The summed E-state index contributed by atoms with van der Waals surface area (Å²) in [6, 6.07) is 0. The monoisotopic (exact) mass is 474 g/mol. The highest BCUT2D eigenvalue weighted by Gasteiger charge is 2.68. The summed E-state index contributed by atoms with van der Waals surface area (Å²) >= 11 is 0. The van der Waals surface area contributed by atoms with Crippen molar-refractivity contribution >= 4 is 18.4 Å². The van der Waals surface area contributed by atoms with Crippen molar-refractivity contribution in [2.75, 3.05) is 0 Å².